The van der Waals surface area contributed by atoms with Gasteiger partial charge in [0.05, 0.1) is 10.5 Å². The van der Waals surface area contributed by atoms with Gasteiger partial charge in [0, 0.05) is 23.3 Å². The van der Waals surface area contributed by atoms with Gasteiger partial charge in [-0.3, -0.25) is 10.1 Å². The molecule has 8 heteroatoms. The van der Waals surface area contributed by atoms with E-state index in [1.807, 2.05) is 32.9 Å². The third-order valence-electron chi connectivity index (χ3n) is 4.27. The highest BCUT2D eigenvalue weighted by molar-refractivity contribution is 6.06. The molecule has 2 N–H and O–H groups in total. The Bertz CT molecular complexity index is 1030. The number of esters is 1. The average Bonchev–Trinajstić information content (AvgIpc) is 2.90. The molecule has 1 aliphatic heterocycles. The molecular formula is C20H18N2O6. The summed E-state index contributed by atoms with van der Waals surface area (Å²) in [6, 6.07) is 9.16. The Kier molecular flexibility index (Phi) is 4.64. The van der Waals surface area contributed by atoms with E-state index in [-0.39, 0.29) is 28.2 Å². The Labute approximate surface area is 160 Å². The van der Waals surface area contributed by atoms with E-state index in [4.69, 9.17) is 15.2 Å². The Morgan fingerprint density at radius 1 is 1.18 bits per heavy atom. The van der Waals surface area contributed by atoms with Crippen molar-refractivity contribution in [3.63, 3.8) is 0 Å². The Morgan fingerprint density at radius 2 is 1.89 bits per heavy atom. The second-order valence-electron chi connectivity index (χ2n) is 7.31. The number of hydrogen-bond donors (Lipinski definition) is 1. The van der Waals surface area contributed by atoms with Gasteiger partial charge in [0.15, 0.2) is 0 Å². The quantitative estimate of drug-likeness (QED) is 0.486. The van der Waals surface area contributed by atoms with Crippen LogP contribution in [-0.4, -0.2) is 17.0 Å². The van der Waals surface area contributed by atoms with Crippen LogP contribution >= 0.6 is 0 Å². The van der Waals surface area contributed by atoms with Gasteiger partial charge in [-0.15, -0.1) is 0 Å². The molecule has 0 spiro atoms. The van der Waals surface area contributed by atoms with E-state index in [9.17, 15) is 19.7 Å². The summed E-state index contributed by atoms with van der Waals surface area (Å²) in [6.07, 6.45) is 0.575. The Hall–Kier alpha value is -3.68. The van der Waals surface area contributed by atoms with Crippen LogP contribution in [0.25, 0.3) is 11.8 Å². The van der Waals surface area contributed by atoms with Crippen molar-refractivity contribution >= 4 is 29.6 Å². The fourth-order valence-electron chi connectivity index (χ4n) is 2.82. The highest BCUT2D eigenvalue weighted by Gasteiger charge is 2.29. The SMILES string of the molecule is CC(C)(C)c1ccc(OC(N)=O)c(/C=C2\OC(=O)c3cc([N+](=O)[O-])ccc32)c1. The fraction of sp³-hybridized carbons (Fsp3) is 0.200. The number of rotatable bonds is 3. The number of carbonyl (C=O) groups excluding carboxylic acids is 2. The molecular weight excluding hydrogens is 364 g/mol. The number of primary amides is 1. The van der Waals surface area contributed by atoms with Crippen molar-refractivity contribution in [1.82, 2.24) is 0 Å². The third-order valence-corrected chi connectivity index (χ3v) is 4.27. The number of nitro groups is 1. The van der Waals surface area contributed by atoms with E-state index >= 15 is 0 Å². The number of fused-ring (bicyclic) bond motifs is 1. The largest absolute Gasteiger partial charge is 0.422 e. The van der Waals surface area contributed by atoms with Crippen LogP contribution in [0.4, 0.5) is 10.5 Å². The predicted molar refractivity (Wildman–Crippen MR) is 102 cm³/mol. The Balaban J connectivity index is 2.12. The zero-order valence-corrected chi connectivity index (χ0v) is 15.5. The van der Waals surface area contributed by atoms with E-state index in [1.165, 1.54) is 18.2 Å². The molecule has 2 aromatic carbocycles. The van der Waals surface area contributed by atoms with Gasteiger partial charge in [-0.1, -0.05) is 26.8 Å². The number of hydrogen-bond acceptors (Lipinski definition) is 6. The lowest BCUT2D eigenvalue weighted by atomic mass is 9.86. The lowest BCUT2D eigenvalue weighted by Crippen LogP contribution is -2.17. The van der Waals surface area contributed by atoms with Crippen molar-refractivity contribution < 1.29 is 24.0 Å². The molecule has 0 saturated heterocycles. The van der Waals surface area contributed by atoms with Crippen LogP contribution in [-0.2, 0) is 10.2 Å². The van der Waals surface area contributed by atoms with Gasteiger partial charge >= 0.3 is 12.1 Å². The fourth-order valence-corrected chi connectivity index (χ4v) is 2.82. The highest BCUT2D eigenvalue weighted by atomic mass is 16.6. The minimum atomic E-state index is -0.970. The molecule has 2 aromatic rings. The summed E-state index contributed by atoms with van der Waals surface area (Å²) in [4.78, 5) is 33.7. The molecule has 28 heavy (non-hydrogen) atoms. The number of carbonyl (C=O) groups is 2. The lowest BCUT2D eigenvalue weighted by molar-refractivity contribution is -0.384. The predicted octanol–water partition coefficient (Wildman–Crippen LogP) is 4.02. The van der Waals surface area contributed by atoms with E-state index in [1.54, 1.807) is 12.1 Å². The van der Waals surface area contributed by atoms with Crippen molar-refractivity contribution in [2.75, 3.05) is 0 Å². The van der Waals surface area contributed by atoms with Crippen LogP contribution < -0.4 is 10.5 Å². The minimum Gasteiger partial charge on any atom is -0.422 e. The van der Waals surface area contributed by atoms with Crippen molar-refractivity contribution in [3.8, 4) is 5.75 Å². The second kappa shape index (κ2) is 6.80. The lowest BCUT2D eigenvalue weighted by Gasteiger charge is -2.20. The standard InChI is InChI=1S/C20H18N2O6/c1-20(2,3)12-4-7-16(28-19(21)24)11(8-12)9-17-14-6-5-13(22(25)26)10-15(14)18(23)27-17/h4-10H,1-3H3,(H2,21,24)/b17-9-. The molecule has 1 aliphatic rings. The Morgan fingerprint density at radius 3 is 2.50 bits per heavy atom. The summed E-state index contributed by atoms with van der Waals surface area (Å²) in [5.41, 5.74) is 6.73. The summed E-state index contributed by atoms with van der Waals surface area (Å²) in [5.74, 6) is -0.274. The summed E-state index contributed by atoms with van der Waals surface area (Å²) in [5, 5.41) is 10.9. The normalized spacial score (nSPS) is 14.5. The molecule has 0 fully saturated rings. The van der Waals surface area contributed by atoms with Gasteiger partial charge in [0.1, 0.15) is 11.5 Å². The molecule has 0 saturated carbocycles. The number of non-ortho nitro benzene ring substituents is 1. The summed E-state index contributed by atoms with van der Waals surface area (Å²) < 4.78 is 10.3. The topological polar surface area (TPSA) is 122 Å². The number of benzene rings is 2. The van der Waals surface area contributed by atoms with Crippen LogP contribution in [0, 0.1) is 10.1 Å². The van der Waals surface area contributed by atoms with Crippen molar-refractivity contribution in [2.45, 2.75) is 26.2 Å². The van der Waals surface area contributed by atoms with Gasteiger partial charge in [0.25, 0.3) is 5.69 Å². The molecule has 0 bridgehead atoms. The van der Waals surface area contributed by atoms with Crippen molar-refractivity contribution in [2.24, 2.45) is 5.73 Å². The van der Waals surface area contributed by atoms with Crippen LogP contribution in [0.15, 0.2) is 36.4 Å². The number of cyclic esters (lactones) is 1. The number of nitrogens with zero attached hydrogens (tertiary/aromatic N) is 1. The van der Waals surface area contributed by atoms with E-state index in [2.05, 4.69) is 0 Å². The number of amides is 1. The first-order valence-corrected chi connectivity index (χ1v) is 8.41. The van der Waals surface area contributed by atoms with Crippen molar-refractivity contribution in [1.29, 1.82) is 0 Å². The smallest absolute Gasteiger partial charge is 0.409 e. The van der Waals surface area contributed by atoms with Crippen LogP contribution in [0.1, 0.15) is 47.8 Å². The molecule has 1 amide bonds. The molecule has 3 rings (SSSR count). The first-order chi connectivity index (χ1) is 13.1. The zero-order chi connectivity index (χ0) is 20.6. The zero-order valence-electron chi connectivity index (χ0n) is 15.5. The first-order valence-electron chi connectivity index (χ1n) is 8.41. The van der Waals surface area contributed by atoms with E-state index in [0.717, 1.165) is 5.56 Å². The molecule has 0 aliphatic carbocycles. The molecule has 1 heterocycles. The van der Waals surface area contributed by atoms with Crippen LogP contribution in [0.2, 0.25) is 0 Å². The van der Waals surface area contributed by atoms with Gasteiger partial charge in [-0.25, -0.2) is 9.59 Å². The van der Waals surface area contributed by atoms with Gasteiger partial charge in [0.2, 0.25) is 0 Å². The van der Waals surface area contributed by atoms with Crippen LogP contribution in [0.5, 0.6) is 5.75 Å². The average molecular weight is 382 g/mol. The summed E-state index contributed by atoms with van der Waals surface area (Å²) in [6.45, 7) is 6.08. The van der Waals surface area contributed by atoms with E-state index in [0.29, 0.717) is 11.1 Å². The summed E-state index contributed by atoms with van der Waals surface area (Å²) in [7, 11) is 0. The highest BCUT2D eigenvalue weighted by Crippen LogP contribution is 2.36. The minimum absolute atomic E-state index is 0.102. The van der Waals surface area contributed by atoms with Crippen molar-refractivity contribution in [3.05, 3.63) is 68.8 Å². The van der Waals surface area contributed by atoms with Gasteiger partial charge in [-0.05, 0) is 35.3 Å². The number of ether oxygens (including phenoxy) is 2. The van der Waals surface area contributed by atoms with Crippen LogP contribution in [0.3, 0.4) is 0 Å². The monoisotopic (exact) mass is 382 g/mol. The number of nitro benzene ring substituents is 1. The first kappa shape index (κ1) is 19.1. The van der Waals surface area contributed by atoms with Gasteiger partial charge in [-0.2, -0.15) is 0 Å². The molecule has 0 radical (unpaired) electrons. The summed E-state index contributed by atoms with van der Waals surface area (Å²) >= 11 is 0. The second-order valence-corrected chi connectivity index (χ2v) is 7.31. The maximum atomic E-state index is 12.1. The maximum Gasteiger partial charge on any atom is 0.409 e. The molecule has 0 unspecified atom stereocenters. The molecule has 8 nitrogen and oxygen atoms in total. The van der Waals surface area contributed by atoms with E-state index < -0.39 is 17.0 Å². The molecule has 144 valence electrons. The third kappa shape index (κ3) is 3.71. The number of nitrogens with two attached hydrogens (primary N) is 1. The maximum absolute atomic E-state index is 12.1. The molecule has 0 aromatic heterocycles. The van der Waals surface area contributed by atoms with Gasteiger partial charge < -0.3 is 15.2 Å². The molecule has 0 atom stereocenters.